The summed E-state index contributed by atoms with van der Waals surface area (Å²) < 4.78 is 6.72. The predicted molar refractivity (Wildman–Crippen MR) is 203 cm³/mol. The third kappa shape index (κ3) is 9.02. The van der Waals surface area contributed by atoms with Crippen molar-refractivity contribution in [3.8, 4) is 22.8 Å². The molecule has 0 fully saturated rings. The first-order valence-corrected chi connectivity index (χ1v) is 18.0. The second-order valence-corrected chi connectivity index (χ2v) is 16.4. The molecule has 2 heterocycles. The summed E-state index contributed by atoms with van der Waals surface area (Å²) in [5, 5.41) is 14.9. The van der Waals surface area contributed by atoms with Gasteiger partial charge in [-0.2, -0.15) is 0 Å². The van der Waals surface area contributed by atoms with Crippen molar-refractivity contribution in [2.45, 2.75) is 122 Å². The van der Waals surface area contributed by atoms with Crippen LogP contribution in [0.1, 0.15) is 120 Å². The summed E-state index contributed by atoms with van der Waals surface area (Å²) in [6, 6.07) is 18.8. The third-order valence-electron chi connectivity index (χ3n) is 10.0. The molecule has 0 saturated heterocycles. The van der Waals surface area contributed by atoms with Crippen LogP contribution in [0.5, 0.6) is 11.5 Å². The van der Waals surface area contributed by atoms with Crippen molar-refractivity contribution in [1.82, 2.24) is 4.98 Å². The van der Waals surface area contributed by atoms with Crippen LogP contribution in [0.4, 0.5) is 0 Å². The molecule has 49 heavy (non-hydrogen) atoms. The molecule has 1 aliphatic heterocycles. The first-order chi connectivity index (χ1) is 22.5. The van der Waals surface area contributed by atoms with E-state index in [1.807, 2.05) is 27.0 Å². The zero-order valence-corrected chi connectivity index (χ0v) is 34.4. The van der Waals surface area contributed by atoms with E-state index < -0.39 is 0 Å². The molecule has 1 aromatic heterocycles. The van der Waals surface area contributed by atoms with Gasteiger partial charge in [-0.15, -0.1) is 17.5 Å². The Kier molecular flexibility index (Phi) is 13.1. The van der Waals surface area contributed by atoms with Crippen molar-refractivity contribution in [2.75, 3.05) is 0 Å². The van der Waals surface area contributed by atoms with Gasteiger partial charge in [0, 0.05) is 54.3 Å². The molecular formula is C44H58IrNO3-. The number of hydrogen-bond acceptors (Lipinski definition) is 4. The average Bonchev–Trinajstić information content (AvgIpc) is 3.03. The molecule has 267 valence electrons. The normalized spacial score (nSPS) is 13.2. The van der Waals surface area contributed by atoms with Gasteiger partial charge in [-0.25, -0.2) is 0 Å². The number of allylic oxidation sites excluding steroid dienone is 2. The van der Waals surface area contributed by atoms with Crippen molar-refractivity contribution in [3.63, 3.8) is 0 Å². The van der Waals surface area contributed by atoms with Crippen LogP contribution in [0.15, 0.2) is 60.0 Å². The Hall–Kier alpha value is -3.01. The molecule has 0 aliphatic carbocycles. The first-order valence-electron chi connectivity index (χ1n) is 18.0. The van der Waals surface area contributed by atoms with Gasteiger partial charge < -0.3 is 9.84 Å². The number of benzene rings is 3. The number of ether oxygens (including phenoxy) is 1. The van der Waals surface area contributed by atoms with Crippen LogP contribution in [-0.4, -0.2) is 15.9 Å². The van der Waals surface area contributed by atoms with E-state index in [9.17, 15) is 9.90 Å². The number of rotatable bonds is 9. The van der Waals surface area contributed by atoms with E-state index in [2.05, 4.69) is 104 Å². The Morgan fingerprint density at radius 1 is 0.898 bits per heavy atom. The van der Waals surface area contributed by atoms with Crippen molar-refractivity contribution in [1.29, 1.82) is 0 Å². The molecule has 0 saturated carbocycles. The fourth-order valence-electron chi connectivity index (χ4n) is 6.86. The van der Waals surface area contributed by atoms with E-state index in [1.165, 1.54) is 21.9 Å². The molecule has 0 bridgehead atoms. The van der Waals surface area contributed by atoms with E-state index in [0.717, 1.165) is 72.1 Å². The van der Waals surface area contributed by atoms with Crippen molar-refractivity contribution in [3.05, 3.63) is 77.2 Å². The van der Waals surface area contributed by atoms with E-state index in [-0.39, 0.29) is 48.1 Å². The second kappa shape index (κ2) is 15.9. The molecular weight excluding hydrogens is 783 g/mol. The fraction of sp³-hybridized carbons (Fsp3) is 0.500. The number of carbonyl (C=O) groups excluding carboxylic acids is 1. The summed E-state index contributed by atoms with van der Waals surface area (Å²) >= 11 is 0. The molecule has 5 rings (SSSR count). The Bertz CT molecular complexity index is 1810. The van der Waals surface area contributed by atoms with Gasteiger partial charge in [0.05, 0.1) is 5.75 Å². The first kappa shape index (κ1) is 40.4. The van der Waals surface area contributed by atoms with Crippen LogP contribution in [0.2, 0.25) is 0 Å². The Labute approximate surface area is 309 Å². The second-order valence-electron chi connectivity index (χ2n) is 16.4. The molecule has 3 aromatic carbocycles. The number of aliphatic hydroxyl groups excluding tert-OH is 1. The van der Waals surface area contributed by atoms with Crippen LogP contribution in [0.25, 0.3) is 32.8 Å². The monoisotopic (exact) mass is 841 g/mol. The van der Waals surface area contributed by atoms with Gasteiger partial charge in [0.2, 0.25) is 0 Å². The summed E-state index contributed by atoms with van der Waals surface area (Å²) in [6.45, 7) is 25.6. The minimum atomic E-state index is -0.258. The molecule has 1 radical (unpaired) electrons. The van der Waals surface area contributed by atoms with Crippen molar-refractivity contribution in [2.24, 2.45) is 22.2 Å². The minimum absolute atomic E-state index is 0. The Morgan fingerprint density at radius 2 is 1.51 bits per heavy atom. The van der Waals surface area contributed by atoms with Crippen LogP contribution in [-0.2, 0) is 37.7 Å². The topological polar surface area (TPSA) is 59.4 Å². The third-order valence-corrected chi connectivity index (χ3v) is 10.0. The van der Waals surface area contributed by atoms with Crippen molar-refractivity contribution >= 4 is 27.3 Å². The van der Waals surface area contributed by atoms with Gasteiger partial charge in [-0.3, -0.25) is 9.78 Å². The maximum atomic E-state index is 12.2. The van der Waals surface area contributed by atoms with Gasteiger partial charge in [-0.1, -0.05) is 117 Å². The Morgan fingerprint density at radius 3 is 2.08 bits per heavy atom. The molecule has 0 atom stereocenters. The molecule has 4 aromatic rings. The van der Waals surface area contributed by atoms with E-state index in [1.54, 1.807) is 6.92 Å². The summed E-state index contributed by atoms with van der Waals surface area (Å²) in [6.07, 6.45) is 7.24. The number of ketones is 1. The maximum Gasteiger partial charge on any atom is 0.164 e. The molecule has 5 heteroatoms. The number of Topliss-reactive ketones (excluding diaryl/α,β-unsaturated/α-hetero) is 1. The van der Waals surface area contributed by atoms with Crippen molar-refractivity contribution < 1.29 is 34.7 Å². The van der Waals surface area contributed by atoms with Crippen LogP contribution >= 0.6 is 0 Å². The van der Waals surface area contributed by atoms with Gasteiger partial charge in [0.25, 0.3) is 0 Å². The number of aliphatic hydroxyl groups is 1. The molecule has 1 N–H and O–H groups in total. The largest absolute Gasteiger partial charge is 0.511 e. The number of pyridine rings is 1. The van der Waals surface area contributed by atoms with Gasteiger partial charge >= 0.3 is 0 Å². The zero-order chi connectivity index (χ0) is 35.6. The zero-order valence-electron chi connectivity index (χ0n) is 32.0. The van der Waals surface area contributed by atoms with E-state index in [0.29, 0.717) is 11.3 Å². The minimum Gasteiger partial charge on any atom is -0.511 e. The molecule has 1 aliphatic rings. The van der Waals surface area contributed by atoms with E-state index >= 15 is 0 Å². The quantitative estimate of drug-likeness (QED) is 0.0912. The van der Waals surface area contributed by atoms with Gasteiger partial charge in [0.15, 0.2) is 5.78 Å². The average molecular weight is 841 g/mol. The standard InChI is InChI=1S/C29H30NO.C15H28O2.Ir/c1-28(2,3)16-18-13-20-11-12-30-26-22-15-19-9-7-8-10-21(19)23(17-29(4,5)6)27(22)31-24(14-18)25(20)26;1-7-12(8-2)13(16)11(5)14(17)15(6,9-3)10-4;/h7-14H,16-17H2,1-6H3;12,17H,7-10H2,1-6H3;/q-1;;/b;14-11-;. The van der Waals surface area contributed by atoms with Gasteiger partial charge in [-0.05, 0) is 79.4 Å². The van der Waals surface area contributed by atoms with Crippen LogP contribution < -0.4 is 4.74 Å². The number of hydrogen-bond donors (Lipinski definition) is 1. The fourth-order valence-corrected chi connectivity index (χ4v) is 6.86. The SMILES string of the molecule is CC(C)(C)Cc1cc2c3c(nccc3c1)-c1[c-]c3ccccc3c(CC(C)(C)C)c1O2.CCC(CC)C(=O)/C(C)=C(\O)C(C)(CC)CC.[Ir]. The summed E-state index contributed by atoms with van der Waals surface area (Å²) in [7, 11) is 0. The molecule has 0 unspecified atom stereocenters. The maximum absolute atomic E-state index is 12.2. The molecule has 0 amide bonds. The van der Waals surface area contributed by atoms with Crippen LogP contribution in [0, 0.1) is 28.2 Å². The summed E-state index contributed by atoms with van der Waals surface area (Å²) in [5.41, 5.74) is 5.17. The molecule has 4 nitrogen and oxygen atoms in total. The predicted octanol–water partition coefficient (Wildman–Crippen LogP) is 12.8. The number of aromatic nitrogens is 1. The molecule has 0 spiro atoms. The smallest absolute Gasteiger partial charge is 0.164 e. The summed E-state index contributed by atoms with van der Waals surface area (Å²) in [4.78, 5) is 17.0. The summed E-state index contributed by atoms with van der Waals surface area (Å²) in [5.74, 6) is 2.30. The van der Waals surface area contributed by atoms with Crippen LogP contribution in [0.3, 0.4) is 0 Å². The number of carbonyl (C=O) groups is 1. The van der Waals surface area contributed by atoms with E-state index in [4.69, 9.17) is 9.72 Å². The number of fused-ring (bicyclic) bond motifs is 3. The number of nitrogens with zero attached hydrogens (tertiary/aromatic N) is 1. The Balaban J connectivity index is 0.000000312. The van der Waals surface area contributed by atoms with Gasteiger partial charge in [0.1, 0.15) is 11.5 Å².